The molecule has 32 heavy (non-hydrogen) atoms. The summed E-state index contributed by atoms with van der Waals surface area (Å²) in [5.41, 5.74) is -1.16. The Labute approximate surface area is 184 Å². The second-order valence-corrected chi connectivity index (χ2v) is 10.4. The van der Waals surface area contributed by atoms with Crippen LogP contribution in [0.25, 0.3) is 0 Å². The van der Waals surface area contributed by atoms with Crippen LogP contribution in [0.2, 0.25) is 0 Å². The third kappa shape index (κ3) is 3.86. The molecular formula is C24H28F3NO4. The van der Waals surface area contributed by atoms with Gasteiger partial charge in [0.1, 0.15) is 11.8 Å². The van der Waals surface area contributed by atoms with E-state index >= 15 is 0 Å². The third-order valence-electron chi connectivity index (χ3n) is 8.03. The average Bonchev–Trinajstić information content (AvgIpc) is 3.20. The van der Waals surface area contributed by atoms with Crippen molar-refractivity contribution in [2.45, 2.75) is 63.6 Å². The Kier molecular flexibility index (Phi) is 5.17. The topological polar surface area (TPSA) is 66.8 Å². The first-order valence-electron chi connectivity index (χ1n) is 11.5. The van der Waals surface area contributed by atoms with Crippen LogP contribution in [0.3, 0.4) is 0 Å². The molecule has 0 radical (unpaired) electrons. The van der Waals surface area contributed by atoms with Gasteiger partial charge in [0.2, 0.25) is 0 Å². The molecule has 1 amide bonds. The highest BCUT2D eigenvalue weighted by Gasteiger charge is 2.51. The number of aliphatic carboxylic acids is 1. The van der Waals surface area contributed by atoms with Crippen LogP contribution in [0.15, 0.2) is 18.2 Å². The Hall–Kier alpha value is -2.25. The zero-order valence-electron chi connectivity index (χ0n) is 17.9. The summed E-state index contributed by atoms with van der Waals surface area (Å²) in [6.07, 6.45) is 2.98. The third-order valence-corrected chi connectivity index (χ3v) is 8.03. The summed E-state index contributed by atoms with van der Waals surface area (Å²) < 4.78 is 47.4. The van der Waals surface area contributed by atoms with Crippen LogP contribution in [0, 0.1) is 23.2 Å². The van der Waals surface area contributed by atoms with Gasteiger partial charge in [-0.15, -0.1) is 0 Å². The van der Waals surface area contributed by atoms with E-state index < -0.39 is 29.7 Å². The molecule has 8 heteroatoms. The van der Waals surface area contributed by atoms with Gasteiger partial charge < -0.3 is 14.7 Å². The molecule has 0 spiro atoms. The van der Waals surface area contributed by atoms with Crippen molar-refractivity contribution in [3.8, 4) is 5.75 Å². The van der Waals surface area contributed by atoms with Crippen molar-refractivity contribution in [3.63, 3.8) is 0 Å². The highest BCUT2D eigenvalue weighted by molar-refractivity contribution is 5.97. The van der Waals surface area contributed by atoms with E-state index in [2.05, 4.69) is 0 Å². The molecule has 0 unspecified atom stereocenters. The van der Waals surface area contributed by atoms with Crippen molar-refractivity contribution < 1.29 is 32.6 Å². The molecule has 1 heterocycles. The molecule has 1 aromatic carbocycles. The number of carboxylic acid groups (broad SMARTS) is 1. The minimum absolute atomic E-state index is 0.0314. The minimum atomic E-state index is -4.68. The van der Waals surface area contributed by atoms with Gasteiger partial charge in [0.05, 0.1) is 12.2 Å². The van der Waals surface area contributed by atoms with Crippen LogP contribution in [-0.4, -0.2) is 41.1 Å². The van der Waals surface area contributed by atoms with Crippen molar-refractivity contribution in [1.29, 1.82) is 0 Å². The van der Waals surface area contributed by atoms with Crippen molar-refractivity contribution in [3.05, 3.63) is 29.3 Å². The zero-order chi connectivity index (χ0) is 22.7. The fourth-order valence-corrected chi connectivity index (χ4v) is 7.14. The number of carbonyl (C=O) groups excluding carboxylic acids is 1. The first-order valence-corrected chi connectivity index (χ1v) is 11.5. The van der Waals surface area contributed by atoms with Crippen LogP contribution < -0.4 is 4.74 Å². The molecule has 6 rings (SSSR count). The smallest absolute Gasteiger partial charge is 0.419 e. The number of nitrogens with zero attached hydrogens (tertiary/aromatic N) is 1. The average molecular weight is 451 g/mol. The number of amides is 1. The molecule has 1 aliphatic heterocycles. The summed E-state index contributed by atoms with van der Waals surface area (Å²) >= 11 is 0. The van der Waals surface area contributed by atoms with Crippen molar-refractivity contribution in [2.75, 3.05) is 13.2 Å². The molecule has 4 aliphatic carbocycles. The van der Waals surface area contributed by atoms with E-state index in [1.807, 2.05) is 0 Å². The van der Waals surface area contributed by atoms with Crippen molar-refractivity contribution >= 4 is 11.9 Å². The molecule has 5 fully saturated rings. The lowest BCUT2D eigenvalue weighted by molar-refractivity contribution is -0.142. The monoisotopic (exact) mass is 451 g/mol. The number of benzene rings is 1. The number of alkyl halides is 3. The lowest BCUT2D eigenvalue weighted by atomic mass is 9.50. The van der Waals surface area contributed by atoms with E-state index in [1.165, 1.54) is 31.4 Å². The fraction of sp³-hybridized carbons (Fsp3) is 0.667. The lowest BCUT2D eigenvalue weighted by Gasteiger charge is -2.56. The Bertz CT molecular complexity index is 893. The summed E-state index contributed by atoms with van der Waals surface area (Å²) in [5, 5.41) is 9.30. The maximum Gasteiger partial charge on any atom is 0.419 e. The zero-order valence-corrected chi connectivity index (χ0v) is 17.9. The van der Waals surface area contributed by atoms with Crippen LogP contribution >= 0.6 is 0 Å². The van der Waals surface area contributed by atoms with Gasteiger partial charge in [-0.05, 0) is 87.3 Å². The van der Waals surface area contributed by atoms with Crippen LogP contribution in [-0.2, 0) is 11.0 Å². The van der Waals surface area contributed by atoms with E-state index in [0.29, 0.717) is 30.6 Å². The highest BCUT2D eigenvalue weighted by atomic mass is 19.4. The Morgan fingerprint density at radius 3 is 2.28 bits per heavy atom. The fourth-order valence-electron chi connectivity index (χ4n) is 7.14. The first-order chi connectivity index (χ1) is 15.1. The molecule has 1 atom stereocenters. The molecule has 0 aromatic heterocycles. The van der Waals surface area contributed by atoms with Gasteiger partial charge in [-0.3, -0.25) is 4.79 Å². The summed E-state index contributed by atoms with van der Waals surface area (Å²) in [5.74, 6) is -0.0461. The lowest BCUT2D eigenvalue weighted by Crippen LogP contribution is -2.48. The van der Waals surface area contributed by atoms with Gasteiger partial charge in [-0.2, -0.15) is 13.2 Å². The molecule has 5 nitrogen and oxygen atoms in total. The normalized spacial score (nSPS) is 33.5. The second kappa shape index (κ2) is 7.66. The molecule has 4 bridgehead atoms. The quantitative estimate of drug-likeness (QED) is 0.685. The predicted octanol–water partition coefficient (Wildman–Crippen LogP) is 4.99. The predicted molar refractivity (Wildman–Crippen MR) is 109 cm³/mol. The molecule has 4 saturated carbocycles. The highest BCUT2D eigenvalue weighted by Crippen LogP contribution is 2.60. The maximum atomic E-state index is 13.9. The minimum Gasteiger partial charge on any atom is -0.492 e. The molecule has 1 saturated heterocycles. The Balaban J connectivity index is 1.36. The van der Waals surface area contributed by atoms with Crippen molar-refractivity contribution in [2.24, 2.45) is 23.2 Å². The molecule has 5 aliphatic rings. The van der Waals surface area contributed by atoms with Gasteiger partial charge in [0.25, 0.3) is 5.91 Å². The van der Waals surface area contributed by atoms with Gasteiger partial charge in [0, 0.05) is 17.5 Å². The number of carboxylic acids is 1. The van der Waals surface area contributed by atoms with Crippen LogP contribution in [0.5, 0.6) is 5.75 Å². The second-order valence-electron chi connectivity index (χ2n) is 10.4. The van der Waals surface area contributed by atoms with E-state index in [9.17, 15) is 27.9 Å². The van der Waals surface area contributed by atoms with Gasteiger partial charge >= 0.3 is 12.1 Å². The summed E-state index contributed by atoms with van der Waals surface area (Å²) in [7, 11) is 0. The number of halogens is 3. The van der Waals surface area contributed by atoms with E-state index in [1.54, 1.807) is 0 Å². The van der Waals surface area contributed by atoms with Crippen molar-refractivity contribution in [1.82, 2.24) is 4.90 Å². The van der Waals surface area contributed by atoms with E-state index in [-0.39, 0.29) is 29.9 Å². The largest absolute Gasteiger partial charge is 0.492 e. The van der Waals surface area contributed by atoms with Gasteiger partial charge in [-0.25, -0.2) is 4.79 Å². The SMILES string of the molecule is O=C(O)[C@@H]1CCCN1C(=O)c1ccc(OCC23CC4CC(CC(C4)C2)C3)c(C(F)(F)F)c1. The first kappa shape index (κ1) is 21.6. The van der Waals surface area contributed by atoms with E-state index in [0.717, 1.165) is 30.2 Å². The van der Waals surface area contributed by atoms with Gasteiger partial charge in [-0.1, -0.05) is 0 Å². The number of rotatable bonds is 5. The summed E-state index contributed by atoms with van der Waals surface area (Å²) in [4.78, 5) is 25.3. The summed E-state index contributed by atoms with van der Waals surface area (Å²) in [6.45, 7) is 0.501. The van der Waals surface area contributed by atoms with Crippen LogP contribution in [0.1, 0.15) is 67.3 Å². The Morgan fingerprint density at radius 2 is 1.72 bits per heavy atom. The van der Waals surface area contributed by atoms with Crippen LogP contribution in [0.4, 0.5) is 13.2 Å². The maximum absolute atomic E-state index is 13.9. The number of likely N-dealkylation sites (tertiary alicyclic amines) is 1. The Morgan fingerprint density at radius 1 is 1.09 bits per heavy atom. The number of ether oxygens (including phenoxy) is 1. The number of carbonyl (C=O) groups is 2. The molecule has 1 N–H and O–H groups in total. The molecule has 174 valence electrons. The number of hydrogen-bond acceptors (Lipinski definition) is 3. The molecular weight excluding hydrogens is 423 g/mol. The molecule has 1 aromatic rings. The standard InChI is InChI=1S/C24H28F3NO4/c25-24(26,27)18-9-17(21(29)28-5-1-2-19(28)22(30)31)3-4-20(18)32-13-23-10-14-6-15(11-23)8-16(7-14)12-23/h3-4,9,14-16,19H,1-2,5-8,10-13H2,(H,30,31)/t14?,15?,16?,19-,23?/m0/s1. The van der Waals surface area contributed by atoms with Gasteiger partial charge in [0.15, 0.2) is 0 Å². The summed E-state index contributed by atoms with van der Waals surface area (Å²) in [6, 6.07) is 2.37. The number of hydrogen-bond donors (Lipinski definition) is 1. The van der Waals surface area contributed by atoms with E-state index in [4.69, 9.17) is 4.74 Å².